The third kappa shape index (κ3) is 2.46. The van der Waals surface area contributed by atoms with Crippen LogP contribution in [0.25, 0.3) is 0 Å². The minimum atomic E-state index is -6.71. The summed E-state index contributed by atoms with van der Waals surface area (Å²) < 4.78 is 92.0. The maximum Gasteiger partial charge on any atom is 0.355 e. The molecule has 0 aromatic rings. The van der Waals surface area contributed by atoms with Gasteiger partial charge in [0.15, 0.2) is 13.3 Å². The summed E-state index contributed by atoms with van der Waals surface area (Å²) >= 11 is 0. The molecule has 0 aromatic carbocycles. The van der Waals surface area contributed by atoms with Crippen LogP contribution in [0.2, 0.25) is 0 Å². The van der Waals surface area contributed by atoms with Crippen LogP contribution in [0.5, 0.6) is 0 Å². The maximum absolute atomic E-state index is 13.3. The van der Waals surface area contributed by atoms with Crippen LogP contribution in [0.15, 0.2) is 0 Å². The number of alkyl halides is 6. The van der Waals surface area contributed by atoms with Crippen LogP contribution in [0.4, 0.5) is 26.3 Å². The van der Waals surface area contributed by atoms with E-state index in [0.717, 1.165) is 0 Å². The molecule has 0 aliphatic heterocycles. The number of hydrogen-bond donors (Lipinski definition) is 2. The van der Waals surface area contributed by atoms with E-state index in [9.17, 15) is 35.7 Å². The molecule has 0 spiro atoms. The fraction of sp³-hybridized carbons (Fsp3) is 0.857. The lowest BCUT2D eigenvalue weighted by molar-refractivity contribution is -0.198. The van der Waals surface area contributed by atoms with Crippen LogP contribution in [0, 0.1) is 0 Å². The molecule has 5 nitrogen and oxygen atoms in total. The molecule has 0 amide bonds. The van der Waals surface area contributed by atoms with Crippen LogP contribution in [0.3, 0.4) is 0 Å². The minimum absolute atomic E-state index is 0.259. The van der Waals surface area contributed by atoms with Crippen molar-refractivity contribution in [2.45, 2.75) is 17.0 Å². The molecule has 12 heteroatoms. The smallest absolute Gasteiger partial charge is 0.355 e. The van der Waals surface area contributed by atoms with E-state index >= 15 is 0 Å². The zero-order chi connectivity index (χ0) is 15.7. The summed E-state index contributed by atoms with van der Waals surface area (Å²) in [7, 11) is -6.45. The van der Waals surface area contributed by atoms with Gasteiger partial charge in [-0.05, 0) is 0 Å². The Hall–Kier alpha value is -0.800. The van der Waals surface area contributed by atoms with E-state index in [1.54, 1.807) is 0 Å². The minimum Gasteiger partial charge on any atom is -0.468 e. The molecular formula is C7H9F6O5P. The third-order valence-corrected chi connectivity index (χ3v) is 4.02. The van der Waals surface area contributed by atoms with Gasteiger partial charge in [-0.2, -0.15) is 0 Å². The molecule has 0 unspecified atom stereocenters. The zero-order valence-corrected chi connectivity index (χ0v) is 10.1. The highest BCUT2D eigenvalue weighted by Gasteiger charge is 2.83. The number of esters is 1. The Morgan fingerprint density at radius 1 is 1.11 bits per heavy atom. The molecule has 0 heterocycles. The molecule has 19 heavy (non-hydrogen) atoms. The number of carbonyl (C=O) groups excluding carboxylic acids is 1. The first-order chi connectivity index (χ1) is 8.35. The molecular weight excluding hydrogens is 309 g/mol. The first-order valence-electron chi connectivity index (χ1n) is 4.37. The third-order valence-electron chi connectivity index (χ3n) is 2.31. The van der Waals surface area contributed by atoms with Gasteiger partial charge in [-0.3, -0.25) is 9.36 Å². The van der Waals surface area contributed by atoms with Gasteiger partial charge >= 0.3 is 25.4 Å². The van der Waals surface area contributed by atoms with Crippen molar-refractivity contribution in [1.82, 2.24) is 0 Å². The summed E-state index contributed by atoms with van der Waals surface area (Å²) in [6.45, 7) is -6.05. The average Bonchev–Trinajstić information content (AvgIpc) is 2.26. The van der Waals surface area contributed by atoms with Crippen molar-refractivity contribution in [2.24, 2.45) is 0 Å². The highest BCUT2D eigenvalue weighted by atomic mass is 31.2. The summed E-state index contributed by atoms with van der Waals surface area (Å²) in [5.41, 5.74) is 0. The Kier molecular flexibility index (Phi) is 5.07. The van der Waals surface area contributed by atoms with E-state index in [-0.39, 0.29) is 7.11 Å². The Morgan fingerprint density at radius 3 is 1.58 bits per heavy atom. The van der Waals surface area contributed by atoms with E-state index in [4.69, 9.17) is 9.79 Å². The molecule has 0 aliphatic carbocycles. The largest absolute Gasteiger partial charge is 0.468 e. The normalized spacial score (nSPS) is 14.4. The van der Waals surface area contributed by atoms with Crippen LogP contribution in [-0.2, 0) is 14.1 Å². The van der Waals surface area contributed by atoms with Gasteiger partial charge in [-0.25, -0.2) is 26.3 Å². The highest BCUT2D eigenvalue weighted by molar-refractivity contribution is 7.55. The molecule has 0 aromatic heterocycles. The van der Waals surface area contributed by atoms with Gasteiger partial charge in [0.2, 0.25) is 0 Å². The Bertz CT molecular complexity index is 377. The van der Waals surface area contributed by atoms with Crippen molar-refractivity contribution in [3.05, 3.63) is 0 Å². The average molecular weight is 318 g/mol. The molecule has 0 saturated heterocycles. The van der Waals surface area contributed by atoms with Crippen LogP contribution in [0.1, 0.15) is 0 Å². The SMILES string of the molecule is COC(=O)C(C(F)(F)CF)(C(F)(F)CF)P(=O)(O)O. The van der Waals surface area contributed by atoms with Gasteiger partial charge in [-0.1, -0.05) is 0 Å². The molecule has 0 rings (SSSR count). The van der Waals surface area contributed by atoms with E-state index < -0.39 is 43.9 Å². The number of rotatable bonds is 6. The fourth-order valence-electron chi connectivity index (χ4n) is 1.45. The lowest BCUT2D eigenvalue weighted by atomic mass is 9.93. The van der Waals surface area contributed by atoms with Crippen LogP contribution >= 0.6 is 7.60 Å². The molecule has 0 bridgehead atoms. The topological polar surface area (TPSA) is 83.8 Å². The predicted octanol–water partition coefficient (Wildman–Crippen LogP) is 1.29. The number of ether oxygens (including phenoxy) is 1. The van der Waals surface area contributed by atoms with Crippen molar-refractivity contribution in [2.75, 3.05) is 20.5 Å². The second-order valence-electron chi connectivity index (χ2n) is 3.42. The maximum atomic E-state index is 13.3. The number of halogens is 6. The lowest BCUT2D eigenvalue weighted by Gasteiger charge is -2.40. The summed E-state index contributed by atoms with van der Waals surface area (Å²) in [4.78, 5) is 28.4. The Balaban J connectivity index is 6.57. The second-order valence-corrected chi connectivity index (χ2v) is 5.18. The lowest BCUT2D eigenvalue weighted by Crippen LogP contribution is -2.67. The van der Waals surface area contributed by atoms with E-state index in [1.165, 1.54) is 0 Å². The molecule has 0 aliphatic rings. The van der Waals surface area contributed by atoms with Crippen LogP contribution in [-0.4, -0.2) is 53.2 Å². The van der Waals surface area contributed by atoms with E-state index in [2.05, 4.69) is 4.74 Å². The summed E-state index contributed by atoms with van der Waals surface area (Å²) in [6, 6.07) is 0. The standard InChI is InChI=1S/C7H9F6O5P/c1-18-4(14)7(19(15,16)17,5(10,11)2-8)6(12,13)3-9/h2-3H2,1H3,(H2,15,16,17). The molecule has 114 valence electrons. The Morgan fingerprint density at radius 2 is 1.42 bits per heavy atom. The summed E-state index contributed by atoms with van der Waals surface area (Å²) in [6.07, 6.45) is 0. The number of carbonyl (C=O) groups is 1. The summed E-state index contributed by atoms with van der Waals surface area (Å²) in [5, 5.41) is -5.27. The highest BCUT2D eigenvalue weighted by Crippen LogP contribution is 2.65. The first kappa shape index (κ1) is 18.2. The molecule has 0 fully saturated rings. The zero-order valence-electron chi connectivity index (χ0n) is 9.25. The van der Waals surface area contributed by atoms with Crippen molar-refractivity contribution in [1.29, 1.82) is 0 Å². The van der Waals surface area contributed by atoms with Crippen molar-refractivity contribution >= 4 is 13.6 Å². The fourth-order valence-corrected chi connectivity index (χ4v) is 2.75. The molecule has 0 atom stereocenters. The van der Waals surface area contributed by atoms with Gasteiger partial charge in [-0.15, -0.1) is 0 Å². The summed E-state index contributed by atoms with van der Waals surface area (Å²) in [5.74, 6) is -13.9. The van der Waals surface area contributed by atoms with Gasteiger partial charge in [0, 0.05) is 0 Å². The first-order valence-corrected chi connectivity index (χ1v) is 5.98. The Labute approximate surface area is 102 Å². The monoisotopic (exact) mass is 318 g/mol. The van der Waals surface area contributed by atoms with E-state index in [1.807, 2.05) is 0 Å². The van der Waals surface area contributed by atoms with Crippen molar-refractivity contribution in [3.8, 4) is 0 Å². The van der Waals surface area contributed by atoms with E-state index in [0.29, 0.717) is 0 Å². The predicted molar refractivity (Wildman–Crippen MR) is 48.6 cm³/mol. The molecule has 0 saturated carbocycles. The van der Waals surface area contributed by atoms with Gasteiger partial charge < -0.3 is 14.5 Å². The van der Waals surface area contributed by atoms with Crippen LogP contribution < -0.4 is 0 Å². The number of hydrogen-bond acceptors (Lipinski definition) is 3. The number of methoxy groups -OCH3 is 1. The molecule has 0 radical (unpaired) electrons. The quantitative estimate of drug-likeness (QED) is 0.438. The molecule has 2 N–H and O–H groups in total. The van der Waals surface area contributed by atoms with Gasteiger partial charge in [0.05, 0.1) is 7.11 Å². The van der Waals surface area contributed by atoms with Gasteiger partial charge in [0.25, 0.3) is 5.16 Å². The second kappa shape index (κ2) is 5.29. The van der Waals surface area contributed by atoms with Crippen molar-refractivity contribution < 1.29 is 50.2 Å². The van der Waals surface area contributed by atoms with Gasteiger partial charge in [0.1, 0.15) is 0 Å². The van der Waals surface area contributed by atoms with Crippen molar-refractivity contribution in [3.63, 3.8) is 0 Å².